The van der Waals surface area contributed by atoms with Crippen LogP contribution < -0.4 is 0 Å². The van der Waals surface area contributed by atoms with Gasteiger partial charge in [0.15, 0.2) is 0 Å². The summed E-state index contributed by atoms with van der Waals surface area (Å²) < 4.78 is 0.954. The Morgan fingerprint density at radius 3 is 2.70 bits per heavy atom. The summed E-state index contributed by atoms with van der Waals surface area (Å²) in [5.74, 6) is -0.771. The fourth-order valence-corrected chi connectivity index (χ4v) is 2.38. The second-order valence-corrected chi connectivity index (χ2v) is 5.59. The molecule has 0 bridgehead atoms. The standard InChI is InChI=1S/C15H15BrN2O2/c1-9(15(19)20)7-14-17-10(2)8-13(18-14)11-5-3-4-6-12(11)16/h3-6,8-9H,7H2,1-2H3,(H,19,20). The first kappa shape index (κ1) is 14.7. The summed E-state index contributed by atoms with van der Waals surface area (Å²) in [6.07, 6.45) is 0.328. The SMILES string of the molecule is Cc1cc(-c2ccccc2Br)nc(CC(C)C(=O)O)n1. The Bertz CT molecular complexity index is 644. The van der Waals surface area contributed by atoms with E-state index < -0.39 is 11.9 Å². The first-order chi connectivity index (χ1) is 9.47. The van der Waals surface area contributed by atoms with Gasteiger partial charge >= 0.3 is 5.97 Å². The summed E-state index contributed by atoms with van der Waals surface area (Å²) in [6, 6.07) is 9.70. The highest BCUT2D eigenvalue weighted by Gasteiger charge is 2.15. The topological polar surface area (TPSA) is 63.1 Å². The third-order valence-electron chi connectivity index (χ3n) is 2.96. The predicted octanol–water partition coefficient (Wildman–Crippen LogP) is 3.48. The molecule has 1 aromatic heterocycles. The third-order valence-corrected chi connectivity index (χ3v) is 3.65. The number of hydrogen-bond acceptors (Lipinski definition) is 3. The van der Waals surface area contributed by atoms with Crippen molar-refractivity contribution in [3.8, 4) is 11.3 Å². The van der Waals surface area contributed by atoms with E-state index in [1.165, 1.54) is 0 Å². The molecule has 104 valence electrons. The number of halogens is 1. The van der Waals surface area contributed by atoms with E-state index >= 15 is 0 Å². The van der Waals surface area contributed by atoms with Gasteiger partial charge in [-0.05, 0) is 19.1 Å². The summed E-state index contributed by atoms with van der Waals surface area (Å²) in [6.45, 7) is 3.54. The van der Waals surface area contributed by atoms with Crippen molar-refractivity contribution in [3.05, 3.63) is 46.3 Å². The third kappa shape index (κ3) is 3.42. The predicted molar refractivity (Wildman–Crippen MR) is 80.4 cm³/mol. The zero-order chi connectivity index (χ0) is 14.7. The summed E-state index contributed by atoms with van der Waals surface area (Å²) in [5, 5.41) is 8.98. The lowest BCUT2D eigenvalue weighted by atomic mass is 10.1. The highest BCUT2D eigenvalue weighted by molar-refractivity contribution is 9.10. The van der Waals surface area contributed by atoms with Crippen LogP contribution in [-0.2, 0) is 11.2 Å². The van der Waals surface area contributed by atoms with Crippen LogP contribution in [0.4, 0.5) is 0 Å². The summed E-state index contributed by atoms with van der Waals surface area (Å²) >= 11 is 3.50. The molecule has 1 unspecified atom stereocenters. The molecule has 0 spiro atoms. The van der Waals surface area contributed by atoms with E-state index in [1.54, 1.807) is 6.92 Å². The van der Waals surface area contributed by atoms with E-state index in [-0.39, 0.29) is 0 Å². The molecule has 1 N–H and O–H groups in total. The molecule has 20 heavy (non-hydrogen) atoms. The molecule has 0 aliphatic rings. The largest absolute Gasteiger partial charge is 0.481 e. The van der Waals surface area contributed by atoms with E-state index in [0.717, 1.165) is 21.4 Å². The Labute approximate surface area is 126 Å². The van der Waals surface area contributed by atoms with Crippen molar-refractivity contribution in [2.75, 3.05) is 0 Å². The Hall–Kier alpha value is -1.75. The number of aryl methyl sites for hydroxylation is 1. The molecular weight excluding hydrogens is 320 g/mol. The van der Waals surface area contributed by atoms with Gasteiger partial charge in [0.05, 0.1) is 11.6 Å². The van der Waals surface area contributed by atoms with Crippen molar-refractivity contribution in [2.45, 2.75) is 20.3 Å². The second kappa shape index (κ2) is 6.13. The lowest BCUT2D eigenvalue weighted by Gasteiger charge is -2.09. The molecule has 2 rings (SSSR count). The molecule has 0 aliphatic heterocycles. The van der Waals surface area contributed by atoms with Crippen LogP contribution in [0.5, 0.6) is 0 Å². The number of nitrogens with zero attached hydrogens (tertiary/aromatic N) is 2. The minimum absolute atomic E-state index is 0.328. The molecule has 0 fully saturated rings. The van der Waals surface area contributed by atoms with Gasteiger partial charge in [0.25, 0.3) is 0 Å². The average Bonchev–Trinajstić information content (AvgIpc) is 2.38. The van der Waals surface area contributed by atoms with E-state index in [1.807, 2.05) is 37.3 Å². The highest BCUT2D eigenvalue weighted by Crippen LogP contribution is 2.27. The molecule has 5 heteroatoms. The Morgan fingerprint density at radius 1 is 1.35 bits per heavy atom. The fraction of sp³-hybridized carbons (Fsp3) is 0.267. The number of hydrogen-bond donors (Lipinski definition) is 1. The van der Waals surface area contributed by atoms with Gasteiger partial charge in [-0.3, -0.25) is 4.79 Å². The number of benzene rings is 1. The van der Waals surface area contributed by atoms with Crippen molar-refractivity contribution < 1.29 is 9.90 Å². The zero-order valence-electron chi connectivity index (χ0n) is 11.3. The van der Waals surface area contributed by atoms with Crippen LogP contribution in [0.25, 0.3) is 11.3 Å². The van der Waals surface area contributed by atoms with Crippen LogP contribution in [0.15, 0.2) is 34.8 Å². The van der Waals surface area contributed by atoms with Gasteiger partial charge in [-0.25, -0.2) is 9.97 Å². The normalized spacial score (nSPS) is 12.2. The molecule has 1 atom stereocenters. The van der Waals surface area contributed by atoms with Crippen molar-refractivity contribution in [3.63, 3.8) is 0 Å². The van der Waals surface area contributed by atoms with Gasteiger partial charge in [0.1, 0.15) is 5.82 Å². The molecule has 1 aromatic carbocycles. The molecule has 0 radical (unpaired) electrons. The van der Waals surface area contributed by atoms with Crippen LogP contribution in [0.2, 0.25) is 0 Å². The van der Waals surface area contributed by atoms with Crippen LogP contribution in [0.3, 0.4) is 0 Å². The molecular formula is C15H15BrN2O2. The number of aromatic nitrogens is 2. The van der Waals surface area contributed by atoms with E-state index in [2.05, 4.69) is 25.9 Å². The number of carboxylic acids is 1. The van der Waals surface area contributed by atoms with E-state index in [4.69, 9.17) is 5.11 Å². The van der Waals surface area contributed by atoms with E-state index in [9.17, 15) is 4.79 Å². The Morgan fingerprint density at radius 2 is 2.05 bits per heavy atom. The van der Waals surface area contributed by atoms with Crippen LogP contribution in [0, 0.1) is 12.8 Å². The highest BCUT2D eigenvalue weighted by atomic mass is 79.9. The maximum atomic E-state index is 10.9. The van der Waals surface area contributed by atoms with Crippen LogP contribution >= 0.6 is 15.9 Å². The maximum absolute atomic E-state index is 10.9. The smallest absolute Gasteiger partial charge is 0.306 e. The zero-order valence-corrected chi connectivity index (χ0v) is 12.9. The van der Waals surface area contributed by atoms with E-state index in [0.29, 0.717) is 12.2 Å². The number of carbonyl (C=O) groups is 1. The summed E-state index contributed by atoms with van der Waals surface area (Å²) in [4.78, 5) is 19.7. The molecule has 0 amide bonds. The van der Waals surface area contributed by atoms with Crippen LogP contribution in [-0.4, -0.2) is 21.0 Å². The molecule has 0 saturated carbocycles. The van der Waals surface area contributed by atoms with Gasteiger partial charge in [-0.1, -0.05) is 41.1 Å². The molecule has 0 aliphatic carbocycles. The van der Waals surface area contributed by atoms with Crippen molar-refractivity contribution in [2.24, 2.45) is 5.92 Å². The fourth-order valence-electron chi connectivity index (χ4n) is 1.89. The lowest BCUT2D eigenvalue weighted by molar-refractivity contribution is -0.141. The van der Waals surface area contributed by atoms with Gasteiger partial charge in [-0.2, -0.15) is 0 Å². The number of rotatable bonds is 4. The van der Waals surface area contributed by atoms with Gasteiger partial charge in [0.2, 0.25) is 0 Å². The molecule has 2 aromatic rings. The van der Waals surface area contributed by atoms with Gasteiger partial charge < -0.3 is 5.11 Å². The molecule has 4 nitrogen and oxygen atoms in total. The average molecular weight is 335 g/mol. The van der Waals surface area contributed by atoms with Crippen molar-refractivity contribution in [1.29, 1.82) is 0 Å². The Balaban J connectivity index is 2.39. The van der Waals surface area contributed by atoms with Gasteiger partial charge in [0, 0.05) is 22.2 Å². The van der Waals surface area contributed by atoms with Gasteiger partial charge in [-0.15, -0.1) is 0 Å². The minimum atomic E-state index is -0.836. The quantitative estimate of drug-likeness (QED) is 0.929. The lowest BCUT2D eigenvalue weighted by Crippen LogP contribution is -2.14. The van der Waals surface area contributed by atoms with Crippen LogP contribution in [0.1, 0.15) is 18.4 Å². The van der Waals surface area contributed by atoms with Crippen molar-refractivity contribution in [1.82, 2.24) is 9.97 Å². The first-order valence-electron chi connectivity index (χ1n) is 6.29. The van der Waals surface area contributed by atoms with Crippen molar-refractivity contribution >= 4 is 21.9 Å². The number of carboxylic acid groups (broad SMARTS) is 1. The molecule has 0 saturated heterocycles. The summed E-state index contributed by atoms with van der Waals surface area (Å²) in [7, 11) is 0. The maximum Gasteiger partial charge on any atom is 0.306 e. The number of aliphatic carboxylic acids is 1. The molecule has 1 heterocycles. The Kier molecular flexibility index (Phi) is 4.49. The monoisotopic (exact) mass is 334 g/mol. The second-order valence-electron chi connectivity index (χ2n) is 4.73. The summed E-state index contributed by atoms with van der Waals surface area (Å²) in [5.41, 5.74) is 2.61. The minimum Gasteiger partial charge on any atom is -0.481 e. The first-order valence-corrected chi connectivity index (χ1v) is 7.09.